The fourth-order valence-electron chi connectivity index (χ4n) is 3.99. The molecule has 0 spiro atoms. The van der Waals surface area contributed by atoms with Gasteiger partial charge >= 0.3 is 0 Å². The third-order valence-corrected chi connectivity index (χ3v) is 5.50. The first-order valence-corrected chi connectivity index (χ1v) is 8.40. The summed E-state index contributed by atoms with van der Waals surface area (Å²) in [4.78, 5) is 5.27. The van der Waals surface area contributed by atoms with Crippen LogP contribution in [0.15, 0.2) is 24.3 Å². The van der Waals surface area contributed by atoms with Gasteiger partial charge in [0.25, 0.3) is 0 Å². The number of aryl methyl sites for hydroxylation is 1. The molecule has 1 aromatic rings. The summed E-state index contributed by atoms with van der Waals surface area (Å²) in [6, 6.07) is 9.56. The Kier molecular flexibility index (Phi) is 4.34. The molecule has 2 N–H and O–H groups in total. The van der Waals surface area contributed by atoms with Crippen LogP contribution in [0.25, 0.3) is 0 Å². The Morgan fingerprint density at radius 2 is 1.95 bits per heavy atom. The second-order valence-electron chi connectivity index (χ2n) is 7.04. The molecule has 21 heavy (non-hydrogen) atoms. The zero-order chi connectivity index (χ0) is 14.9. The molecule has 3 heteroatoms. The van der Waals surface area contributed by atoms with Gasteiger partial charge in [-0.2, -0.15) is 0 Å². The molecule has 1 fully saturated rings. The molecule has 0 aromatic heterocycles. The summed E-state index contributed by atoms with van der Waals surface area (Å²) in [5, 5.41) is 0. The van der Waals surface area contributed by atoms with E-state index in [1.807, 2.05) is 0 Å². The smallest absolute Gasteiger partial charge is 0.0474 e. The maximum absolute atomic E-state index is 6.26. The summed E-state index contributed by atoms with van der Waals surface area (Å²) < 4.78 is 0. The van der Waals surface area contributed by atoms with Crippen LogP contribution in [0.4, 0.5) is 0 Å². The van der Waals surface area contributed by atoms with E-state index in [1.165, 1.54) is 43.5 Å². The lowest BCUT2D eigenvalue weighted by molar-refractivity contribution is 0.0876. The van der Waals surface area contributed by atoms with E-state index in [2.05, 4.69) is 47.9 Å². The number of benzene rings is 1. The van der Waals surface area contributed by atoms with Crippen LogP contribution in [0.3, 0.4) is 0 Å². The van der Waals surface area contributed by atoms with E-state index >= 15 is 0 Å². The van der Waals surface area contributed by atoms with Gasteiger partial charge in [0.1, 0.15) is 0 Å². The number of hydrogen-bond donors (Lipinski definition) is 1. The maximum Gasteiger partial charge on any atom is 0.0474 e. The highest BCUT2D eigenvalue weighted by Crippen LogP contribution is 2.32. The van der Waals surface area contributed by atoms with Gasteiger partial charge in [-0.15, -0.1) is 0 Å². The molecular formula is C18H29N3. The van der Waals surface area contributed by atoms with Crippen LogP contribution in [-0.2, 0) is 13.0 Å². The molecule has 3 nitrogen and oxygen atoms in total. The van der Waals surface area contributed by atoms with Crippen LogP contribution in [-0.4, -0.2) is 47.6 Å². The highest BCUT2D eigenvalue weighted by molar-refractivity contribution is 5.28. The van der Waals surface area contributed by atoms with Gasteiger partial charge in [-0.3, -0.25) is 9.80 Å². The Morgan fingerprint density at radius 3 is 2.62 bits per heavy atom. The topological polar surface area (TPSA) is 32.5 Å². The molecule has 0 amide bonds. The summed E-state index contributed by atoms with van der Waals surface area (Å²) in [5.74, 6) is 0. The van der Waals surface area contributed by atoms with Crippen LogP contribution >= 0.6 is 0 Å². The molecule has 0 aliphatic carbocycles. The van der Waals surface area contributed by atoms with Crippen LogP contribution in [0.1, 0.15) is 37.8 Å². The van der Waals surface area contributed by atoms with Gasteiger partial charge in [0.2, 0.25) is 0 Å². The normalized spacial score (nSPS) is 27.8. The van der Waals surface area contributed by atoms with Gasteiger partial charge in [-0.25, -0.2) is 0 Å². The van der Waals surface area contributed by atoms with E-state index in [-0.39, 0.29) is 5.54 Å². The standard InChI is InChI=1S/C18H29N3/c1-15(2)20-11-9-18(13-19,14-20)21-10-5-8-16-6-3-4-7-17(16)12-21/h3-4,6-7,15H,5,8-14,19H2,1-2H3. The van der Waals surface area contributed by atoms with Gasteiger partial charge in [-0.05, 0) is 50.8 Å². The van der Waals surface area contributed by atoms with Crippen molar-refractivity contribution in [2.45, 2.75) is 51.2 Å². The first kappa shape index (κ1) is 15.0. The van der Waals surface area contributed by atoms with Crippen molar-refractivity contribution in [1.29, 1.82) is 0 Å². The molecule has 0 bridgehead atoms. The van der Waals surface area contributed by atoms with Gasteiger partial charge in [0.15, 0.2) is 0 Å². The summed E-state index contributed by atoms with van der Waals surface area (Å²) >= 11 is 0. The minimum atomic E-state index is 0.182. The van der Waals surface area contributed by atoms with E-state index in [1.54, 1.807) is 0 Å². The highest BCUT2D eigenvalue weighted by Gasteiger charge is 2.42. The molecule has 1 saturated heterocycles. The van der Waals surface area contributed by atoms with Gasteiger partial charge in [-0.1, -0.05) is 24.3 Å². The number of hydrogen-bond acceptors (Lipinski definition) is 3. The van der Waals surface area contributed by atoms with E-state index in [9.17, 15) is 0 Å². The molecule has 116 valence electrons. The van der Waals surface area contributed by atoms with E-state index in [0.29, 0.717) is 6.04 Å². The van der Waals surface area contributed by atoms with Crippen molar-refractivity contribution in [3.63, 3.8) is 0 Å². The SMILES string of the molecule is CC(C)N1CCC(CN)(N2CCCc3ccccc3C2)C1. The number of fused-ring (bicyclic) bond motifs is 1. The van der Waals surface area contributed by atoms with Crippen LogP contribution in [0.5, 0.6) is 0 Å². The van der Waals surface area contributed by atoms with Crippen molar-refractivity contribution >= 4 is 0 Å². The lowest BCUT2D eigenvalue weighted by Gasteiger charge is -2.40. The van der Waals surface area contributed by atoms with Crippen molar-refractivity contribution in [2.24, 2.45) is 5.73 Å². The van der Waals surface area contributed by atoms with Crippen molar-refractivity contribution in [1.82, 2.24) is 9.80 Å². The minimum Gasteiger partial charge on any atom is -0.329 e. The molecular weight excluding hydrogens is 258 g/mol. The molecule has 2 heterocycles. The Balaban J connectivity index is 1.82. The van der Waals surface area contributed by atoms with Crippen molar-refractivity contribution in [2.75, 3.05) is 26.2 Å². The zero-order valence-electron chi connectivity index (χ0n) is 13.5. The van der Waals surface area contributed by atoms with E-state index < -0.39 is 0 Å². The first-order chi connectivity index (χ1) is 10.1. The molecule has 2 aliphatic rings. The van der Waals surface area contributed by atoms with E-state index in [4.69, 9.17) is 5.73 Å². The average Bonchev–Trinajstić information content (AvgIpc) is 2.82. The summed E-state index contributed by atoms with van der Waals surface area (Å²) in [6.07, 6.45) is 3.67. The summed E-state index contributed by atoms with van der Waals surface area (Å²) in [5.41, 5.74) is 9.49. The third kappa shape index (κ3) is 2.87. The molecule has 2 aliphatic heterocycles. The Bertz CT molecular complexity index is 485. The summed E-state index contributed by atoms with van der Waals surface area (Å²) in [6.45, 7) is 9.93. The number of nitrogens with two attached hydrogens (primary N) is 1. The number of nitrogens with zero attached hydrogens (tertiary/aromatic N) is 2. The molecule has 1 atom stereocenters. The van der Waals surface area contributed by atoms with E-state index in [0.717, 1.165) is 19.6 Å². The van der Waals surface area contributed by atoms with Gasteiger partial charge in [0, 0.05) is 37.8 Å². The zero-order valence-corrected chi connectivity index (χ0v) is 13.5. The Morgan fingerprint density at radius 1 is 1.19 bits per heavy atom. The van der Waals surface area contributed by atoms with Crippen LogP contribution in [0.2, 0.25) is 0 Å². The number of likely N-dealkylation sites (tertiary alicyclic amines) is 1. The first-order valence-electron chi connectivity index (χ1n) is 8.40. The highest BCUT2D eigenvalue weighted by atomic mass is 15.3. The Hall–Kier alpha value is -0.900. The monoisotopic (exact) mass is 287 g/mol. The molecule has 1 aromatic carbocycles. The lowest BCUT2D eigenvalue weighted by Crippen LogP contribution is -2.55. The fourth-order valence-corrected chi connectivity index (χ4v) is 3.99. The maximum atomic E-state index is 6.26. The quantitative estimate of drug-likeness (QED) is 0.925. The fraction of sp³-hybridized carbons (Fsp3) is 0.667. The van der Waals surface area contributed by atoms with Crippen LogP contribution in [0, 0.1) is 0 Å². The second kappa shape index (κ2) is 6.07. The van der Waals surface area contributed by atoms with Crippen molar-refractivity contribution < 1.29 is 0 Å². The minimum absolute atomic E-state index is 0.182. The Labute approximate surface area is 129 Å². The summed E-state index contributed by atoms with van der Waals surface area (Å²) in [7, 11) is 0. The lowest BCUT2D eigenvalue weighted by atomic mass is 9.95. The van der Waals surface area contributed by atoms with Gasteiger partial charge < -0.3 is 5.73 Å². The molecule has 3 rings (SSSR count). The molecule has 0 saturated carbocycles. The largest absolute Gasteiger partial charge is 0.329 e. The van der Waals surface area contributed by atoms with Crippen molar-refractivity contribution in [3.05, 3.63) is 35.4 Å². The average molecular weight is 287 g/mol. The van der Waals surface area contributed by atoms with Gasteiger partial charge in [0.05, 0.1) is 0 Å². The predicted octanol–water partition coefficient (Wildman–Crippen LogP) is 2.25. The number of rotatable bonds is 3. The third-order valence-electron chi connectivity index (χ3n) is 5.50. The second-order valence-corrected chi connectivity index (χ2v) is 7.04. The van der Waals surface area contributed by atoms with Crippen molar-refractivity contribution in [3.8, 4) is 0 Å². The predicted molar refractivity (Wildman–Crippen MR) is 88.3 cm³/mol. The van der Waals surface area contributed by atoms with Crippen LogP contribution < -0.4 is 5.73 Å². The molecule has 0 radical (unpaired) electrons. The molecule has 1 unspecified atom stereocenters.